The number of ketones is 1. The van der Waals surface area contributed by atoms with E-state index >= 15 is 0 Å². The molecule has 0 aliphatic heterocycles. The molecule has 0 unspecified atom stereocenters. The van der Waals surface area contributed by atoms with E-state index in [0.717, 1.165) is 44.9 Å². The number of aliphatic hydroxyl groups excluding tert-OH is 1. The smallest absolute Gasteiger partial charge is 0.305 e. The second-order valence-electron chi connectivity index (χ2n) is 7.03. The molecule has 1 fully saturated rings. The third-order valence-electron chi connectivity index (χ3n) is 4.97. The number of carbonyl (C=O) groups excluding carboxylic acids is 2. The summed E-state index contributed by atoms with van der Waals surface area (Å²) in [5.74, 6) is 6.06. The average molecular weight is 350 g/mol. The van der Waals surface area contributed by atoms with Gasteiger partial charge in [-0.05, 0) is 19.3 Å². The number of methoxy groups -OCH3 is 1. The molecule has 142 valence electrons. The Kier molecular flexibility index (Phi) is 11.2. The van der Waals surface area contributed by atoms with Gasteiger partial charge in [0.25, 0.3) is 0 Å². The molecule has 1 rings (SSSR count). The van der Waals surface area contributed by atoms with Crippen molar-refractivity contribution < 1.29 is 19.4 Å². The van der Waals surface area contributed by atoms with Crippen molar-refractivity contribution in [1.29, 1.82) is 0 Å². The number of hydrogen-bond acceptors (Lipinski definition) is 4. The zero-order valence-corrected chi connectivity index (χ0v) is 15.9. The van der Waals surface area contributed by atoms with Crippen molar-refractivity contribution in [3.05, 3.63) is 0 Å². The number of ether oxygens (including phenoxy) is 1. The van der Waals surface area contributed by atoms with Crippen LogP contribution in [0.3, 0.4) is 0 Å². The second kappa shape index (κ2) is 12.9. The maximum atomic E-state index is 12.1. The predicted molar refractivity (Wildman–Crippen MR) is 98.9 cm³/mol. The first-order valence-electron chi connectivity index (χ1n) is 9.86. The van der Waals surface area contributed by atoms with E-state index in [1.165, 1.54) is 26.4 Å². The number of unbranched alkanes of at least 4 members (excludes halogenated alkanes) is 7. The zero-order valence-electron chi connectivity index (χ0n) is 15.9. The molecule has 0 radical (unpaired) electrons. The first kappa shape index (κ1) is 21.7. The van der Waals surface area contributed by atoms with E-state index in [0.29, 0.717) is 6.42 Å². The molecule has 0 aromatic heterocycles. The van der Waals surface area contributed by atoms with Crippen LogP contribution in [0.1, 0.15) is 84.0 Å². The molecular weight excluding hydrogens is 316 g/mol. The average Bonchev–Trinajstić information content (AvgIpc) is 2.87. The van der Waals surface area contributed by atoms with Crippen LogP contribution in [-0.4, -0.2) is 30.1 Å². The van der Waals surface area contributed by atoms with E-state index in [2.05, 4.69) is 23.5 Å². The lowest BCUT2D eigenvalue weighted by atomic mass is 9.89. The zero-order chi connectivity index (χ0) is 18.5. The van der Waals surface area contributed by atoms with E-state index in [1.807, 2.05) is 0 Å². The molecule has 1 saturated carbocycles. The Bertz CT molecular complexity index is 460. The van der Waals surface area contributed by atoms with E-state index in [-0.39, 0.29) is 30.0 Å². The molecule has 1 N–H and O–H groups in total. The molecule has 0 bridgehead atoms. The molecule has 1 aliphatic rings. The Morgan fingerprint density at radius 1 is 1.16 bits per heavy atom. The van der Waals surface area contributed by atoms with Crippen molar-refractivity contribution in [3.63, 3.8) is 0 Å². The maximum Gasteiger partial charge on any atom is 0.305 e. The molecular formula is C21H34O4. The summed E-state index contributed by atoms with van der Waals surface area (Å²) < 4.78 is 4.62. The summed E-state index contributed by atoms with van der Waals surface area (Å²) in [4.78, 5) is 23.2. The van der Waals surface area contributed by atoms with Crippen LogP contribution in [0, 0.1) is 23.7 Å². The summed E-state index contributed by atoms with van der Waals surface area (Å²) in [6.45, 7) is 2.19. The summed E-state index contributed by atoms with van der Waals surface area (Å²) in [6, 6.07) is 0. The van der Waals surface area contributed by atoms with Crippen LogP contribution < -0.4 is 0 Å². The van der Waals surface area contributed by atoms with Crippen molar-refractivity contribution in [2.45, 2.75) is 90.1 Å². The van der Waals surface area contributed by atoms with Gasteiger partial charge in [0, 0.05) is 25.2 Å². The minimum atomic E-state index is -0.597. The van der Waals surface area contributed by atoms with E-state index in [4.69, 9.17) is 0 Å². The molecule has 3 atom stereocenters. The van der Waals surface area contributed by atoms with Crippen LogP contribution in [0.2, 0.25) is 0 Å². The van der Waals surface area contributed by atoms with Gasteiger partial charge in [0.05, 0.1) is 19.1 Å². The van der Waals surface area contributed by atoms with Gasteiger partial charge in [-0.2, -0.15) is 0 Å². The van der Waals surface area contributed by atoms with Gasteiger partial charge in [-0.15, -0.1) is 5.92 Å². The molecule has 1 aliphatic carbocycles. The summed E-state index contributed by atoms with van der Waals surface area (Å²) in [6.07, 6.45) is 10.3. The second-order valence-corrected chi connectivity index (χ2v) is 7.03. The van der Waals surface area contributed by atoms with Crippen molar-refractivity contribution >= 4 is 11.8 Å². The number of aliphatic hydroxyl groups is 1. The van der Waals surface area contributed by atoms with Crippen molar-refractivity contribution in [3.8, 4) is 11.8 Å². The fourth-order valence-corrected chi connectivity index (χ4v) is 3.41. The maximum absolute atomic E-state index is 12.1. The number of carbonyl (C=O) groups is 2. The van der Waals surface area contributed by atoms with Crippen LogP contribution in [-0.2, 0) is 14.3 Å². The first-order chi connectivity index (χ1) is 12.1. The van der Waals surface area contributed by atoms with Crippen LogP contribution in [0.15, 0.2) is 0 Å². The highest BCUT2D eigenvalue weighted by atomic mass is 16.5. The van der Waals surface area contributed by atoms with E-state index < -0.39 is 6.10 Å². The highest BCUT2D eigenvalue weighted by Crippen LogP contribution is 2.33. The van der Waals surface area contributed by atoms with Gasteiger partial charge in [-0.1, -0.05) is 51.4 Å². The third kappa shape index (κ3) is 8.54. The highest BCUT2D eigenvalue weighted by molar-refractivity contribution is 5.84. The van der Waals surface area contributed by atoms with Crippen molar-refractivity contribution in [1.82, 2.24) is 0 Å². The van der Waals surface area contributed by atoms with Gasteiger partial charge in [0.1, 0.15) is 5.78 Å². The van der Waals surface area contributed by atoms with Crippen LogP contribution >= 0.6 is 0 Å². The first-order valence-corrected chi connectivity index (χ1v) is 9.86. The lowest BCUT2D eigenvalue weighted by Crippen LogP contribution is -2.19. The summed E-state index contributed by atoms with van der Waals surface area (Å²) in [5.41, 5.74) is 0. The quantitative estimate of drug-likeness (QED) is 0.347. The lowest BCUT2D eigenvalue weighted by Gasteiger charge is -2.15. The minimum absolute atomic E-state index is 0.112. The number of rotatable bonds is 11. The van der Waals surface area contributed by atoms with Gasteiger partial charge in [0.15, 0.2) is 0 Å². The van der Waals surface area contributed by atoms with Gasteiger partial charge < -0.3 is 9.84 Å². The monoisotopic (exact) mass is 350 g/mol. The van der Waals surface area contributed by atoms with Crippen LogP contribution in [0.4, 0.5) is 0 Å². The lowest BCUT2D eigenvalue weighted by molar-refractivity contribution is -0.140. The Labute approximate surface area is 152 Å². The van der Waals surface area contributed by atoms with Gasteiger partial charge in [-0.3, -0.25) is 9.59 Å². The van der Waals surface area contributed by atoms with Crippen LogP contribution in [0.25, 0.3) is 0 Å². The summed E-state index contributed by atoms with van der Waals surface area (Å²) in [7, 11) is 1.41. The van der Waals surface area contributed by atoms with Gasteiger partial charge in [0.2, 0.25) is 0 Å². The van der Waals surface area contributed by atoms with Crippen LogP contribution in [0.5, 0.6) is 0 Å². The van der Waals surface area contributed by atoms with Gasteiger partial charge in [-0.25, -0.2) is 0 Å². The molecule has 0 spiro atoms. The standard InChI is InChI=1S/C21H34O4/c1-3-4-5-6-7-10-13-17-18(20(23)16-19(17)22)14-11-8-9-12-15-21(24)25-2/h17-19,22H,3-9,11-12,14-16H2,1-2H3/t17-,18+,19-/m1/s1. The summed E-state index contributed by atoms with van der Waals surface area (Å²) in [5, 5.41) is 10.1. The Balaban J connectivity index is 2.30. The SMILES string of the molecule is CCCCCCC#C[C@H]1[C@H](O)CC(=O)[C@H]1CCCCCCC(=O)OC. The fourth-order valence-electron chi connectivity index (χ4n) is 3.41. The molecule has 0 saturated heterocycles. The normalized spacial score (nSPS) is 22.5. The molecule has 0 aromatic carbocycles. The summed E-state index contributed by atoms with van der Waals surface area (Å²) >= 11 is 0. The Morgan fingerprint density at radius 2 is 1.88 bits per heavy atom. The molecule has 4 heteroatoms. The fraction of sp³-hybridized carbons (Fsp3) is 0.810. The topological polar surface area (TPSA) is 63.6 Å². The Hall–Kier alpha value is -1.34. The minimum Gasteiger partial charge on any atom is -0.469 e. The van der Waals surface area contributed by atoms with E-state index in [9.17, 15) is 14.7 Å². The number of Topliss-reactive ketones (excluding diaryl/α,β-unsaturated/α-hetero) is 1. The highest BCUT2D eigenvalue weighted by Gasteiger charge is 2.39. The number of esters is 1. The largest absolute Gasteiger partial charge is 0.469 e. The molecule has 0 heterocycles. The predicted octanol–water partition coefficient (Wildman–Crippen LogP) is 4.04. The molecule has 0 aromatic rings. The molecule has 4 nitrogen and oxygen atoms in total. The third-order valence-corrected chi connectivity index (χ3v) is 4.97. The number of hydrogen-bond donors (Lipinski definition) is 1. The molecule has 0 amide bonds. The van der Waals surface area contributed by atoms with Crippen molar-refractivity contribution in [2.75, 3.05) is 7.11 Å². The van der Waals surface area contributed by atoms with E-state index in [1.54, 1.807) is 0 Å². The van der Waals surface area contributed by atoms with Gasteiger partial charge >= 0.3 is 5.97 Å². The van der Waals surface area contributed by atoms with Crippen molar-refractivity contribution in [2.24, 2.45) is 11.8 Å². The Morgan fingerprint density at radius 3 is 2.60 bits per heavy atom. The molecule has 25 heavy (non-hydrogen) atoms.